The molecule has 1 heterocycles. The van der Waals surface area contributed by atoms with Gasteiger partial charge in [-0.15, -0.1) is 11.6 Å². The second kappa shape index (κ2) is 7.71. The molecule has 0 amide bonds. The standard InChI is InChI=1S/C15H26ClN3/c1-12(2)11-19(7-6-18(4)5)15-9-14(10-16)8-13(3)17-15/h8-9,12H,6-7,10-11H2,1-5H3. The number of anilines is 1. The van der Waals surface area contributed by atoms with Gasteiger partial charge in [0, 0.05) is 31.2 Å². The maximum absolute atomic E-state index is 5.95. The maximum Gasteiger partial charge on any atom is 0.129 e. The van der Waals surface area contributed by atoms with E-state index in [0.29, 0.717) is 11.8 Å². The lowest BCUT2D eigenvalue weighted by Gasteiger charge is -2.27. The molecule has 0 aliphatic carbocycles. The number of hydrogen-bond donors (Lipinski definition) is 0. The third-order valence-electron chi connectivity index (χ3n) is 2.88. The molecule has 0 unspecified atom stereocenters. The lowest BCUT2D eigenvalue weighted by molar-refractivity contribution is 0.408. The summed E-state index contributed by atoms with van der Waals surface area (Å²) in [5, 5.41) is 0. The highest BCUT2D eigenvalue weighted by molar-refractivity contribution is 6.17. The lowest BCUT2D eigenvalue weighted by atomic mass is 10.2. The Morgan fingerprint density at radius 3 is 2.42 bits per heavy atom. The van der Waals surface area contributed by atoms with E-state index >= 15 is 0 Å². The summed E-state index contributed by atoms with van der Waals surface area (Å²) in [4.78, 5) is 9.22. The molecular weight excluding hydrogens is 258 g/mol. The molecule has 0 bridgehead atoms. The van der Waals surface area contributed by atoms with Crippen LogP contribution in [0.1, 0.15) is 25.1 Å². The summed E-state index contributed by atoms with van der Waals surface area (Å²) >= 11 is 5.95. The van der Waals surface area contributed by atoms with Crippen LogP contribution in [0.3, 0.4) is 0 Å². The Kier molecular flexibility index (Phi) is 6.59. The van der Waals surface area contributed by atoms with Gasteiger partial charge >= 0.3 is 0 Å². The van der Waals surface area contributed by atoms with Crippen molar-refractivity contribution in [3.05, 3.63) is 23.4 Å². The van der Waals surface area contributed by atoms with Crippen molar-refractivity contribution < 1.29 is 0 Å². The second-order valence-corrected chi connectivity index (χ2v) is 6.02. The van der Waals surface area contributed by atoms with Crippen LogP contribution in [0.15, 0.2) is 12.1 Å². The number of nitrogens with zero attached hydrogens (tertiary/aromatic N) is 3. The van der Waals surface area contributed by atoms with Crippen molar-refractivity contribution in [1.82, 2.24) is 9.88 Å². The predicted octanol–water partition coefficient (Wildman–Crippen LogP) is 3.15. The van der Waals surface area contributed by atoms with Crippen molar-refractivity contribution in [3.63, 3.8) is 0 Å². The van der Waals surface area contributed by atoms with E-state index in [4.69, 9.17) is 11.6 Å². The Hall–Kier alpha value is -0.800. The fraction of sp³-hybridized carbons (Fsp3) is 0.667. The van der Waals surface area contributed by atoms with Gasteiger partial charge in [-0.25, -0.2) is 4.98 Å². The molecule has 1 aromatic heterocycles. The first-order chi connectivity index (χ1) is 8.92. The summed E-state index contributed by atoms with van der Waals surface area (Å²) in [6.45, 7) is 9.54. The van der Waals surface area contributed by atoms with E-state index in [9.17, 15) is 0 Å². The molecule has 0 spiro atoms. The molecule has 1 aromatic rings. The average Bonchev–Trinajstić information content (AvgIpc) is 2.32. The Balaban J connectivity index is 2.91. The first-order valence-corrected chi connectivity index (χ1v) is 7.39. The molecule has 0 aliphatic rings. The zero-order valence-corrected chi connectivity index (χ0v) is 13.5. The quantitative estimate of drug-likeness (QED) is 0.717. The normalized spacial score (nSPS) is 11.4. The van der Waals surface area contributed by atoms with E-state index in [-0.39, 0.29) is 0 Å². The van der Waals surface area contributed by atoms with E-state index in [1.807, 2.05) is 6.92 Å². The summed E-state index contributed by atoms with van der Waals surface area (Å²) in [7, 11) is 4.20. The van der Waals surface area contributed by atoms with Crippen LogP contribution >= 0.6 is 11.6 Å². The first-order valence-electron chi connectivity index (χ1n) is 6.85. The van der Waals surface area contributed by atoms with Crippen LogP contribution in [-0.4, -0.2) is 43.6 Å². The number of aryl methyl sites for hydroxylation is 1. The molecule has 19 heavy (non-hydrogen) atoms. The minimum Gasteiger partial charge on any atom is -0.355 e. The number of hydrogen-bond acceptors (Lipinski definition) is 3. The van der Waals surface area contributed by atoms with E-state index in [1.54, 1.807) is 0 Å². The van der Waals surface area contributed by atoms with Gasteiger partial charge in [0.15, 0.2) is 0 Å². The van der Waals surface area contributed by atoms with Gasteiger partial charge in [0.1, 0.15) is 5.82 Å². The first kappa shape index (κ1) is 16.3. The monoisotopic (exact) mass is 283 g/mol. The van der Waals surface area contributed by atoms with Crippen molar-refractivity contribution in [2.45, 2.75) is 26.7 Å². The molecule has 0 fully saturated rings. The molecule has 0 saturated carbocycles. The van der Waals surface area contributed by atoms with Crippen molar-refractivity contribution in [3.8, 4) is 0 Å². The number of halogens is 1. The van der Waals surface area contributed by atoms with Gasteiger partial charge in [0.25, 0.3) is 0 Å². The van der Waals surface area contributed by atoms with Crippen molar-refractivity contribution >= 4 is 17.4 Å². The van der Waals surface area contributed by atoms with Crippen LogP contribution in [0.2, 0.25) is 0 Å². The highest BCUT2D eigenvalue weighted by atomic mass is 35.5. The molecule has 0 aromatic carbocycles. The minimum absolute atomic E-state index is 0.541. The third-order valence-corrected chi connectivity index (χ3v) is 3.19. The van der Waals surface area contributed by atoms with Gasteiger partial charge in [-0.1, -0.05) is 13.8 Å². The Labute approximate surface area is 122 Å². The molecule has 0 radical (unpaired) electrons. The average molecular weight is 284 g/mol. The summed E-state index contributed by atoms with van der Waals surface area (Å²) in [6, 6.07) is 4.16. The Bertz CT molecular complexity index is 391. The molecule has 0 atom stereocenters. The molecular formula is C15H26ClN3. The molecule has 4 heteroatoms. The zero-order chi connectivity index (χ0) is 14.4. The van der Waals surface area contributed by atoms with Crippen LogP contribution in [0.25, 0.3) is 0 Å². The molecule has 0 N–H and O–H groups in total. The van der Waals surface area contributed by atoms with Gasteiger partial charge in [-0.05, 0) is 44.6 Å². The van der Waals surface area contributed by atoms with Gasteiger partial charge < -0.3 is 9.80 Å². The highest BCUT2D eigenvalue weighted by Gasteiger charge is 2.11. The van der Waals surface area contributed by atoms with E-state index in [1.165, 1.54) is 0 Å². The van der Waals surface area contributed by atoms with Crippen molar-refractivity contribution in [2.24, 2.45) is 5.92 Å². The SMILES string of the molecule is Cc1cc(CCl)cc(N(CCN(C)C)CC(C)C)n1. The molecule has 1 rings (SSSR count). The van der Waals surface area contributed by atoms with Gasteiger partial charge in [0.2, 0.25) is 0 Å². The minimum atomic E-state index is 0.541. The van der Waals surface area contributed by atoms with Crippen LogP contribution in [0.4, 0.5) is 5.82 Å². The third kappa shape index (κ3) is 5.79. The summed E-state index contributed by atoms with van der Waals surface area (Å²) in [5.41, 5.74) is 2.18. The molecule has 0 aliphatic heterocycles. The Morgan fingerprint density at radius 1 is 1.21 bits per heavy atom. The van der Waals surface area contributed by atoms with Crippen molar-refractivity contribution in [2.75, 3.05) is 38.6 Å². The summed E-state index contributed by atoms with van der Waals surface area (Å²) in [5.74, 6) is 2.20. The zero-order valence-electron chi connectivity index (χ0n) is 12.8. The van der Waals surface area contributed by atoms with E-state index in [0.717, 1.165) is 36.7 Å². The fourth-order valence-corrected chi connectivity index (χ4v) is 2.18. The van der Waals surface area contributed by atoms with Gasteiger partial charge in [0.05, 0.1) is 0 Å². The number of likely N-dealkylation sites (N-methyl/N-ethyl adjacent to an activating group) is 1. The molecule has 3 nitrogen and oxygen atoms in total. The maximum atomic E-state index is 5.95. The summed E-state index contributed by atoms with van der Waals surface area (Å²) < 4.78 is 0. The van der Waals surface area contributed by atoms with Crippen LogP contribution in [-0.2, 0) is 5.88 Å². The number of alkyl halides is 1. The number of aromatic nitrogens is 1. The number of pyridine rings is 1. The fourth-order valence-electron chi connectivity index (χ4n) is 2.02. The van der Waals surface area contributed by atoms with Crippen LogP contribution in [0, 0.1) is 12.8 Å². The van der Waals surface area contributed by atoms with Gasteiger partial charge in [-0.2, -0.15) is 0 Å². The highest BCUT2D eigenvalue weighted by Crippen LogP contribution is 2.17. The second-order valence-electron chi connectivity index (χ2n) is 5.75. The molecule has 0 saturated heterocycles. The predicted molar refractivity (Wildman–Crippen MR) is 84.1 cm³/mol. The largest absolute Gasteiger partial charge is 0.355 e. The van der Waals surface area contributed by atoms with E-state index < -0.39 is 0 Å². The smallest absolute Gasteiger partial charge is 0.129 e. The Morgan fingerprint density at radius 2 is 1.89 bits per heavy atom. The topological polar surface area (TPSA) is 19.4 Å². The molecule has 108 valence electrons. The van der Waals surface area contributed by atoms with Crippen LogP contribution in [0.5, 0.6) is 0 Å². The van der Waals surface area contributed by atoms with E-state index in [2.05, 4.69) is 54.9 Å². The van der Waals surface area contributed by atoms with Crippen molar-refractivity contribution in [1.29, 1.82) is 0 Å². The lowest BCUT2D eigenvalue weighted by Crippen LogP contribution is -2.35. The van der Waals surface area contributed by atoms with Crippen LogP contribution < -0.4 is 4.90 Å². The number of rotatable bonds is 7. The van der Waals surface area contributed by atoms with Gasteiger partial charge in [-0.3, -0.25) is 0 Å². The summed E-state index contributed by atoms with van der Waals surface area (Å²) in [6.07, 6.45) is 0.